The van der Waals surface area contributed by atoms with Crippen LogP contribution in [0.15, 0.2) is 0 Å². The van der Waals surface area contributed by atoms with Gasteiger partial charge in [-0.2, -0.15) is 50.5 Å². The van der Waals surface area contributed by atoms with Crippen molar-refractivity contribution in [2.24, 2.45) is 0 Å². The Morgan fingerprint density at radius 3 is 1.35 bits per heavy atom. The average molecular weight is 385 g/mol. The van der Waals surface area contributed by atoms with Gasteiger partial charge >= 0.3 is 0 Å². The van der Waals surface area contributed by atoms with Crippen LogP contribution in [0, 0.1) is 0 Å². The van der Waals surface area contributed by atoms with Crippen LogP contribution in [-0.4, -0.2) is 48.8 Å². The Kier molecular flexibility index (Phi) is 17.7. The summed E-state index contributed by atoms with van der Waals surface area (Å²) in [5.41, 5.74) is 0. The third-order valence-corrected chi connectivity index (χ3v) is 9.50. The van der Waals surface area contributed by atoms with Gasteiger partial charge in [0.15, 0.2) is 0 Å². The van der Waals surface area contributed by atoms with Crippen LogP contribution >= 0.6 is 97.6 Å². The zero-order valence-corrected chi connectivity index (χ0v) is 16.4. The predicted molar refractivity (Wildman–Crippen MR) is 108 cm³/mol. The molecule has 0 rings (SSSR count). The number of hydrogen-bond acceptors (Lipinski definition) is 8. The highest BCUT2D eigenvalue weighted by Crippen LogP contribution is 2.22. The van der Waals surface area contributed by atoms with Gasteiger partial charge in [0.25, 0.3) is 0 Å². The molecule has 0 aromatic carbocycles. The summed E-state index contributed by atoms with van der Waals surface area (Å²) < 4.78 is 0. The van der Waals surface area contributed by atoms with Crippen molar-refractivity contribution in [3.63, 3.8) is 0 Å². The van der Waals surface area contributed by atoms with Crippen LogP contribution in [0.25, 0.3) is 0 Å². The Hall–Kier alpha value is 2.80. The van der Waals surface area contributed by atoms with E-state index in [1.165, 1.54) is 5.08 Å². The van der Waals surface area contributed by atoms with Gasteiger partial charge in [0.05, 0.1) is 0 Å². The maximum absolute atomic E-state index is 4.40. The molecule has 0 aliphatic heterocycles. The lowest BCUT2D eigenvalue weighted by molar-refractivity contribution is 1.17. The SMILES string of the molecule is SCC(S)CSCSCSCSCC(S)CS. The van der Waals surface area contributed by atoms with Crippen molar-refractivity contribution in [2.45, 2.75) is 10.5 Å². The molecule has 0 amide bonds. The molecule has 2 unspecified atom stereocenters. The van der Waals surface area contributed by atoms with Gasteiger partial charge < -0.3 is 0 Å². The second kappa shape index (κ2) is 15.2. The summed E-state index contributed by atoms with van der Waals surface area (Å²) in [6.45, 7) is 0. The summed E-state index contributed by atoms with van der Waals surface area (Å²) in [6, 6.07) is 0. The van der Waals surface area contributed by atoms with Crippen molar-refractivity contribution in [3.8, 4) is 0 Å². The third kappa shape index (κ3) is 15.0. The molecule has 0 heterocycles. The molecular weight excluding hydrogens is 365 g/mol. The standard InChI is InChI=1S/C9H20S8/c10-1-8(12)3-14-5-16-7-17-6-15-4-9(13)2-11/h8-13H,1-7H2. The van der Waals surface area contributed by atoms with Crippen LogP contribution in [0.5, 0.6) is 0 Å². The monoisotopic (exact) mass is 384 g/mol. The molecule has 0 saturated carbocycles. The molecule has 0 aliphatic rings. The summed E-state index contributed by atoms with van der Waals surface area (Å²) in [6.07, 6.45) is 0. The lowest BCUT2D eigenvalue weighted by Crippen LogP contribution is -2.03. The van der Waals surface area contributed by atoms with Gasteiger partial charge in [-0.05, 0) is 0 Å². The smallest absolute Gasteiger partial charge is 0.0408 e. The molecule has 0 aliphatic carbocycles. The maximum Gasteiger partial charge on any atom is 0.0408 e. The lowest BCUT2D eigenvalue weighted by Gasteiger charge is -2.07. The van der Waals surface area contributed by atoms with E-state index in [1.54, 1.807) is 0 Å². The van der Waals surface area contributed by atoms with E-state index in [2.05, 4.69) is 50.5 Å². The quantitative estimate of drug-likeness (QED) is 0.225. The minimum atomic E-state index is 0.431. The fraction of sp³-hybridized carbons (Fsp3) is 1.00. The van der Waals surface area contributed by atoms with E-state index in [9.17, 15) is 0 Å². The first-order chi connectivity index (χ1) is 8.20. The van der Waals surface area contributed by atoms with Crippen LogP contribution in [-0.2, 0) is 0 Å². The van der Waals surface area contributed by atoms with E-state index in [1.807, 2.05) is 47.0 Å². The number of thioether (sulfide) groups is 4. The van der Waals surface area contributed by atoms with Gasteiger partial charge in [0, 0.05) is 48.8 Å². The summed E-state index contributed by atoms with van der Waals surface area (Å²) >= 11 is 25.1. The Morgan fingerprint density at radius 2 is 1.00 bits per heavy atom. The average Bonchev–Trinajstić information content (AvgIpc) is 2.35. The van der Waals surface area contributed by atoms with Crippen LogP contribution in [0.2, 0.25) is 0 Å². The van der Waals surface area contributed by atoms with Gasteiger partial charge in [-0.3, -0.25) is 0 Å². The maximum atomic E-state index is 4.40. The molecule has 0 saturated heterocycles. The molecule has 0 radical (unpaired) electrons. The second-order valence-electron chi connectivity index (χ2n) is 3.18. The third-order valence-electron chi connectivity index (χ3n) is 1.54. The zero-order chi connectivity index (χ0) is 12.9. The number of rotatable bonds is 12. The van der Waals surface area contributed by atoms with E-state index in [-0.39, 0.29) is 0 Å². The Bertz CT molecular complexity index is 140. The van der Waals surface area contributed by atoms with Gasteiger partial charge in [0.2, 0.25) is 0 Å². The molecule has 0 spiro atoms. The van der Waals surface area contributed by atoms with Crippen LogP contribution < -0.4 is 0 Å². The summed E-state index contributed by atoms with van der Waals surface area (Å²) in [7, 11) is 0. The molecule has 2 atom stereocenters. The highest BCUT2D eigenvalue weighted by molar-refractivity contribution is 8.26. The number of hydrogen-bond donors (Lipinski definition) is 4. The first-order valence-corrected chi connectivity index (χ1v) is 12.0. The summed E-state index contributed by atoms with van der Waals surface area (Å²) in [5.74, 6) is 3.93. The lowest BCUT2D eigenvalue weighted by atomic mass is 10.6. The molecule has 0 aromatic rings. The van der Waals surface area contributed by atoms with E-state index in [0.29, 0.717) is 10.5 Å². The minimum absolute atomic E-state index is 0.431. The van der Waals surface area contributed by atoms with Gasteiger partial charge in [0.1, 0.15) is 0 Å². The molecular formula is C9H20S8. The first kappa shape index (κ1) is 19.8. The first-order valence-electron chi connectivity index (χ1n) is 5.09. The zero-order valence-electron chi connectivity index (χ0n) is 9.53. The Morgan fingerprint density at radius 1 is 0.647 bits per heavy atom. The van der Waals surface area contributed by atoms with Crippen LogP contribution in [0.3, 0.4) is 0 Å². The van der Waals surface area contributed by atoms with Crippen molar-refractivity contribution in [3.05, 3.63) is 0 Å². The Balaban J connectivity index is 3.04. The summed E-state index contributed by atoms with van der Waals surface area (Å²) in [5, 5.41) is 4.36. The Labute approximate surface area is 145 Å². The van der Waals surface area contributed by atoms with E-state index >= 15 is 0 Å². The van der Waals surface area contributed by atoms with Crippen LogP contribution in [0.1, 0.15) is 0 Å². The van der Waals surface area contributed by atoms with E-state index in [4.69, 9.17) is 0 Å². The van der Waals surface area contributed by atoms with Gasteiger partial charge in [-0.1, -0.05) is 0 Å². The van der Waals surface area contributed by atoms with Crippen molar-refractivity contribution < 1.29 is 0 Å². The molecule has 0 aromatic heterocycles. The molecule has 0 N–H and O–H groups in total. The second-order valence-corrected chi connectivity index (χ2v) is 10.5. The molecule has 0 bridgehead atoms. The molecule has 104 valence electrons. The van der Waals surface area contributed by atoms with Crippen molar-refractivity contribution >= 4 is 97.6 Å². The predicted octanol–water partition coefficient (Wildman–Crippen LogP) is 4.25. The van der Waals surface area contributed by atoms with Crippen molar-refractivity contribution in [2.75, 3.05) is 38.3 Å². The van der Waals surface area contributed by atoms with Crippen LogP contribution in [0.4, 0.5) is 0 Å². The molecule has 0 nitrogen and oxygen atoms in total. The molecule has 8 heteroatoms. The normalized spacial score (nSPS) is 14.8. The molecule has 17 heavy (non-hydrogen) atoms. The fourth-order valence-electron chi connectivity index (χ4n) is 0.719. The van der Waals surface area contributed by atoms with E-state index < -0.39 is 0 Å². The topological polar surface area (TPSA) is 0 Å². The molecule has 0 fully saturated rings. The van der Waals surface area contributed by atoms with E-state index in [0.717, 1.165) is 33.2 Å². The fourth-order valence-corrected chi connectivity index (χ4v) is 6.69. The largest absolute Gasteiger partial charge is 0.178 e. The van der Waals surface area contributed by atoms with Gasteiger partial charge in [-0.15, -0.1) is 47.0 Å². The highest BCUT2D eigenvalue weighted by atomic mass is 32.2. The van der Waals surface area contributed by atoms with Crippen molar-refractivity contribution in [1.82, 2.24) is 0 Å². The van der Waals surface area contributed by atoms with Gasteiger partial charge in [-0.25, -0.2) is 0 Å². The van der Waals surface area contributed by atoms with Crippen molar-refractivity contribution in [1.29, 1.82) is 0 Å². The summed E-state index contributed by atoms with van der Waals surface area (Å²) in [4.78, 5) is 0. The number of thiol groups is 4. The highest BCUT2D eigenvalue weighted by Gasteiger charge is 2.01. The minimum Gasteiger partial charge on any atom is -0.178 e.